The molecular formula is C14H16FN. The molecule has 0 spiro atoms. The first-order valence-electron chi connectivity index (χ1n) is 6.09. The first kappa shape index (κ1) is 9.88. The second-order valence-electron chi connectivity index (χ2n) is 4.70. The molecule has 2 heteroatoms. The Kier molecular flexibility index (Phi) is 2.23. The molecule has 0 saturated carbocycles. The third-order valence-electron chi connectivity index (χ3n) is 3.78. The lowest BCUT2D eigenvalue weighted by molar-refractivity contribution is 0.532. The van der Waals surface area contributed by atoms with Gasteiger partial charge < -0.3 is 4.98 Å². The zero-order valence-electron chi connectivity index (χ0n) is 9.52. The van der Waals surface area contributed by atoms with Crippen molar-refractivity contribution in [2.24, 2.45) is 0 Å². The SMILES string of the molecule is CCC1CCCc2c1[nH]c1ccc(F)cc21. The molecule has 1 nitrogen and oxygen atoms in total. The van der Waals surface area contributed by atoms with Crippen molar-refractivity contribution >= 4 is 10.9 Å². The molecule has 1 heterocycles. The highest BCUT2D eigenvalue weighted by Gasteiger charge is 2.22. The van der Waals surface area contributed by atoms with Gasteiger partial charge in [-0.1, -0.05) is 6.92 Å². The number of rotatable bonds is 1. The van der Waals surface area contributed by atoms with E-state index >= 15 is 0 Å². The van der Waals surface area contributed by atoms with Crippen LogP contribution >= 0.6 is 0 Å². The van der Waals surface area contributed by atoms with Crippen LogP contribution in [-0.4, -0.2) is 4.98 Å². The summed E-state index contributed by atoms with van der Waals surface area (Å²) in [5.74, 6) is 0.507. The number of fused-ring (bicyclic) bond motifs is 3. The molecular weight excluding hydrogens is 201 g/mol. The van der Waals surface area contributed by atoms with Crippen LogP contribution in [0.1, 0.15) is 43.4 Å². The molecule has 0 aliphatic heterocycles. The van der Waals surface area contributed by atoms with E-state index < -0.39 is 0 Å². The van der Waals surface area contributed by atoms with Crippen molar-refractivity contribution in [3.63, 3.8) is 0 Å². The van der Waals surface area contributed by atoms with Gasteiger partial charge in [0.25, 0.3) is 0 Å². The van der Waals surface area contributed by atoms with E-state index in [1.54, 1.807) is 6.07 Å². The van der Waals surface area contributed by atoms with Crippen molar-refractivity contribution in [3.05, 3.63) is 35.3 Å². The Balaban J connectivity index is 2.24. The van der Waals surface area contributed by atoms with Gasteiger partial charge in [-0.3, -0.25) is 0 Å². The Labute approximate surface area is 94.7 Å². The summed E-state index contributed by atoms with van der Waals surface area (Å²) >= 11 is 0. The zero-order chi connectivity index (χ0) is 11.1. The van der Waals surface area contributed by atoms with Crippen molar-refractivity contribution < 1.29 is 4.39 Å². The fourth-order valence-corrected chi connectivity index (χ4v) is 2.94. The number of hydrogen-bond donors (Lipinski definition) is 1. The van der Waals surface area contributed by atoms with Gasteiger partial charge in [-0.2, -0.15) is 0 Å². The molecule has 1 aromatic heterocycles. The van der Waals surface area contributed by atoms with Crippen LogP contribution in [0.5, 0.6) is 0 Å². The van der Waals surface area contributed by atoms with Crippen molar-refractivity contribution in [2.75, 3.05) is 0 Å². The van der Waals surface area contributed by atoms with Crippen LogP contribution in [-0.2, 0) is 6.42 Å². The van der Waals surface area contributed by atoms with E-state index in [9.17, 15) is 4.39 Å². The molecule has 0 saturated heterocycles. The summed E-state index contributed by atoms with van der Waals surface area (Å²) in [6.45, 7) is 2.23. The molecule has 1 unspecified atom stereocenters. The van der Waals surface area contributed by atoms with Crippen molar-refractivity contribution in [1.82, 2.24) is 4.98 Å². The van der Waals surface area contributed by atoms with Gasteiger partial charge in [0, 0.05) is 16.6 Å². The zero-order valence-corrected chi connectivity index (χ0v) is 9.52. The van der Waals surface area contributed by atoms with Gasteiger partial charge in [-0.25, -0.2) is 4.39 Å². The maximum absolute atomic E-state index is 13.2. The predicted octanol–water partition coefficient (Wildman–Crippen LogP) is 4.14. The number of nitrogens with one attached hydrogen (secondary N) is 1. The fourth-order valence-electron chi connectivity index (χ4n) is 2.94. The Morgan fingerprint density at radius 2 is 2.31 bits per heavy atom. The Morgan fingerprint density at radius 1 is 1.44 bits per heavy atom. The minimum atomic E-state index is -0.132. The third-order valence-corrected chi connectivity index (χ3v) is 3.78. The molecule has 16 heavy (non-hydrogen) atoms. The summed E-state index contributed by atoms with van der Waals surface area (Å²) in [7, 11) is 0. The van der Waals surface area contributed by atoms with Crippen molar-refractivity contribution in [1.29, 1.82) is 0 Å². The van der Waals surface area contributed by atoms with E-state index in [0.29, 0.717) is 5.92 Å². The molecule has 3 rings (SSSR count). The van der Waals surface area contributed by atoms with E-state index in [-0.39, 0.29) is 5.82 Å². The van der Waals surface area contributed by atoms with Crippen molar-refractivity contribution in [3.8, 4) is 0 Å². The van der Waals surface area contributed by atoms with Crippen LogP contribution in [0.4, 0.5) is 4.39 Å². The highest BCUT2D eigenvalue weighted by Crippen LogP contribution is 2.37. The molecule has 0 fully saturated rings. The molecule has 1 atom stereocenters. The summed E-state index contributed by atoms with van der Waals surface area (Å²) < 4.78 is 13.2. The maximum atomic E-state index is 13.2. The molecule has 2 aromatic rings. The monoisotopic (exact) mass is 217 g/mol. The topological polar surface area (TPSA) is 15.8 Å². The fraction of sp³-hybridized carbons (Fsp3) is 0.429. The molecule has 1 aliphatic carbocycles. The summed E-state index contributed by atoms with van der Waals surface area (Å²) in [6.07, 6.45) is 4.76. The smallest absolute Gasteiger partial charge is 0.123 e. The lowest BCUT2D eigenvalue weighted by Gasteiger charge is -2.21. The van der Waals surface area contributed by atoms with Crippen LogP contribution in [0.2, 0.25) is 0 Å². The van der Waals surface area contributed by atoms with Gasteiger partial charge in [0.05, 0.1) is 0 Å². The number of benzene rings is 1. The largest absolute Gasteiger partial charge is 0.358 e. The summed E-state index contributed by atoms with van der Waals surface area (Å²) in [6, 6.07) is 5.06. The van der Waals surface area contributed by atoms with Gasteiger partial charge in [-0.15, -0.1) is 0 Å². The van der Waals surface area contributed by atoms with E-state index in [1.807, 2.05) is 6.07 Å². The molecule has 1 N–H and O–H groups in total. The van der Waals surface area contributed by atoms with Crippen LogP contribution in [0, 0.1) is 5.82 Å². The van der Waals surface area contributed by atoms with Gasteiger partial charge in [-0.05, 0) is 55.4 Å². The first-order chi connectivity index (χ1) is 7.79. The van der Waals surface area contributed by atoms with Crippen LogP contribution < -0.4 is 0 Å². The predicted molar refractivity (Wildman–Crippen MR) is 64.2 cm³/mol. The number of H-pyrrole nitrogens is 1. The van der Waals surface area contributed by atoms with Crippen LogP contribution in [0.3, 0.4) is 0 Å². The molecule has 84 valence electrons. The van der Waals surface area contributed by atoms with Gasteiger partial charge in [0.15, 0.2) is 0 Å². The second kappa shape index (κ2) is 3.62. The molecule has 0 amide bonds. The highest BCUT2D eigenvalue weighted by atomic mass is 19.1. The number of aromatic nitrogens is 1. The average molecular weight is 217 g/mol. The maximum Gasteiger partial charge on any atom is 0.123 e. The van der Waals surface area contributed by atoms with E-state index in [4.69, 9.17) is 0 Å². The lowest BCUT2D eigenvalue weighted by atomic mass is 9.85. The molecule has 0 bridgehead atoms. The minimum absolute atomic E-state index is 0.132. The summed E-state index contributed by atoms with van der Waals surface area (Å²) in [5.41, 5.74) is 3.80. The van der Waals surface area contributed by atoms with E-state index in [2.05, 4.69) is 11.9 Å². The van der Waals surface area contributed by atoms with Crippen LogP contribution in [0.25, 0.3) is 10.9 Å². The van der Waals surface area contributed by atoms with Gasteiger partial charge in [0.2, 0.25) is 0 Å². The second-order valence-corrected chi connectivity index (χ2v) is 4.70. The summed E-state index contributed by atoms with van der Waals surface area (Å²) in [4.78, 5) is 3.48. The Hall–Kier alpha value is -1.31. The van der Waals surface area contributed by atoms with E-state index in [0.717, 1.165) is 17.3 Å². The van der Waals surface area contributed by atoms with E-state index in [1.165, 1.54) is 36.6 Å². The first-order valence-corrected chi connectivity index (χ1v) is 6.09. The Bertz CT molecular complexity index is 527. The highest BCUT2D eigenvalue weighted by molar-refractivity contribution is 5.85. The van der Waals surface area contributed by atoms with Crippen molar-refractivity contribution in [2.45, 2.75) is 38.5 Å². The standard InChI is InChI=1S/C14H16FN/c1-2-9-4-3-5-11-12-8-10(15)6-7-13(12)16-14(9)11/h6-9,16H,2-5H2,1H3. The normalized spacial score (nSPS) is 20.0. The molecule has 1 aromatic carbocycles. The van der Waals surface area contributed by atoms with Gasteiger partial charge in [0.1, 0.15) is 5.82 Å². The minimum Gasteiger partial charge on any atom is -0.358 e. The average Bonchev–Trinajstić information content (AvgIpc) is 2.67. The van der Waals surface area contributed by atoms with Gasteiger partial charge >= 0.3 is 0 Å². The number of aryl methyl sites for hydroxylation is 1. The quantitative estimate of drug-likeness (QED) is 0.739. The van der Waals surface area contributed by atoms with Crippen LogP contribution in [0.15, 0.2) is 18.2 Å². The molecule has 1 aliphatic rings. The molecule has 0 radical (unpaired) electrons. The number of halogens is 1. The number of hydrogen-bond acceptors (Lipinski definition) is 0. The number of aromatic amines is 1. The lowest BCUT2D eigenvalue weighted by Crippen LogP contribution is -2.07. The summed E-state index contributed by atoms with van der Waals surface area (Å²) in [5, 5.41) is 1.09. The third kappa shape index (κ3) is 1.36. The Morgan fingerprint density at radius 3 is 3.12 bits per heavy atom.